The van der Waals surface area contributed by atoms with Crippen molar-refractivity contribution < 1.29 is 4.79 Å². The van der Waals surface area contributed by atoms with E-state index < -0.39 is 0 Å². The van der Waals surface area contributed by atoms with Gasteiger partial charge < -0.3 is 10.2 Å². The summed E-state index contributed by atoms with van der Waals surface area (Å²) >= 11 is 0. The van der Waals surface area contributed by atoms with E-state index in [1.54, 1.807) is 0 Å². The fraction of sp³-hybridized carbons (Fsp3) is 0.318. The zero-order chi connectivity index (χ0) is 18.2. The van der Waals surface area contributed by atoms with Gasteiger partial charge in [-0.2, -0.15) is 0 Å². The number of carbonyl (C=O) groups is 1. The van der Waals surface area contributed by atoms with Gasteiger partial charge in [-0.05, 0) is 18.1 Å². The third-order valence-electron chi connectivity index (χ3n) is 4.66. The van der Waals surface area contributed by atoms with E-state index in [2.05, 4.69) is 53.6 Å². The summed E-state index contributed by atoms with van der Waals surface area (Å²) in [4.78, 5) is 16.6. The van der Waals surface area contributed by atoms with E-state index >= 15 is 0 Å². The van der Waals surface area contributed by atoms with Crippen molar-refractivity contribution in [2.75, 3.05) is 32.7 Å². The highest BCUT2D eigenvalue weighted by molar-refractivity contribution is 5.74. The van der Waals surface area contributed by atoms with Gasteiger partial charge in [0.15, 0.2) is 0 Å². The number of hydrogen-bond acceptors (Lipinski definition) is 2. The first-order valence-electron chi connectivity index (χ1n) is 9.23. The van der Waals surface area contributed by atoms with Gasteiger partial charge in [-0.3, -0.25) is 4.90 Å². The summed E-state index contributed by atoms with van der Waals surface area (Å²) in [5.41, 5.74) is 3.58. The Bertz CT molecular complexity index is 734. The molecule has 1 aliphatic rings. The number of nitrogens with one attached hydrogen (secondary N) is 1. The molecular weight excluding hydrogens is 322 g/mol. The molecule has 3 rings (SSSR count). The molecule has 0 aromatic heterocycles. The van der Waals surface area contributed by atoms with E-state index in [0.29, 0.717) is 6.54 Å². The molecule has 0 spiro atoms. The molecule has 0 bridgehead atoms. The third kappa shape index (κ3) is 5.46. The molecule has 0 radical (unpaired) electrons. The quantitative estimate of drug-likeness (QED) is 0.896. The fourth-order valence-corrected chi connectivity index (χ4v) is 3.15. The molecule has 0 saturated carbocycles. The standard InChI is InChI=1S/C22H27N3O/c1-19-7-5-10-21(17-19)18-23-22(26)25-15-13-24(14-16-25)12-6-11-20-8-3-2-4-9-20/h2-11,17H,12-16,18H2,1H3,(H,23,26)/b11-6+. The number of nitrogens with zero attached hydrogens (tertiary/aromatic N) is 2. The first-order chi connectivity index (χ1) is 12.7. The topological polar surface area (TPSA) is 35.6 Å². The highest BCUT2D eigenvalue weighted by Gasteiger charge is 2.19. The number of amides is 2. The van der Waals surface area contributed by atoms with Crippen LogP contribution in [0.2, 0.25) is 0 Å². The lowest BCUT2D eigenvalue weighted by Crippen LogP contribution is -2.51. The molecule has 0 atom stereocenters. The van der Waals surface area contributed by atoms with Gasteiger partial charge in [0.25, 0.3) is 0 Å². The van der Waals surface area contributed by atoms with Crippen molar-refractivity contribution in [1.29, 1.82) is 0 Å². The van der Waals surface area contributed by atoms with E-state index in [1.165, 1.54) is 11.1 Å². The van der Waals surface area contributed by atoms with Crippen LogP contribution in [0.25, 0.3) is 6.08 Å². The van der Waals surface area contributed by atoms with Crippen LogP contribution >= 0.6 is 0 Å². The monoisotopic (exact) mass is 349 g/mol. The van der Waals surface area contributed by atoms with Crippen LogP contribution in [-0.4, -0.2) is 48.6 Å². The summed E-state index contributed by atoms with van der Waals surface area (Å²) < 4.78 is 0. The van der Waals surface area contributed by atoms with Crippen molar-refractivity contribution in [3.05, 3.63) is 77.4 Å². The molecule has 1 saturated heterocycles. The van der Waals surface area contributed by atoms with Gasteiger partial charge in [0.2, 0.25) is 0 Å². The second-order valence-corrected chi connectivity index (χ2v) is 6.75. The fourth-order valence-electron chi connectivity index (χ4n) is 3.15. The Balaban J connectivity index is 1.39. The second kappa shape index (κ2) is 9.20. The third-order valence-corrected chi connectivity index (χ3v) is 4.66. The van der Waals surface area contributed by atoms with Gasteiger partial charge in [-0.1, -0.05) is 72.3 Å². The molecule has 4 heteroatoms. The van der Waals surface area contributed by atoms with Crippen molar-refractivity contribution in [3.8, 4) is 0 Å². The average molecular weight is 349 g/mol. The number of benzene rings is 2. The van der Waals surface area contributed by atoms with Crippen LogP contribution in [0.3, 0.4) is 0 Å². The van der Waals surface area contributed by atoms with Gasteiger partial charge in [0.05, 0.1) is 0 Å². The molecule has 0 unspecified atom stereocenters. The Labute approximate surface area is 156 Å². The van der Waals surface area contributed by atoms with Crippen LogP contribution in [0.5, 0.6) is 0 Å². The lowest BCUT2D eigenvalue weighted by molar-refractivity contribution is 0.146. The molecule has 4 nitrogen and oxygen atoms in total. The smallest absolute Gasteiger partial charge is 0.317 e. The van der Waals surface area contributed by atoms with Crippen LogP contribution < -0.4 is 5.32 Å². The molecule has 26 heavy (non-hydrogen) atoms. The predicted octanol–water partition coefficient (Wildman–Crippen LogP) is 3.54. The van der Waals surface area contributed by atoms with Crippen LogP contribution in [0.15, 0.2) is 60.7 Å². The lowest BCUT2D eigenvalue weighted by atomic mass is 10.1. The number of piperazine rings is 1. The van der Waals surface area contributed by atoms with Crippen LogP contribution in [0, 0.1) is 6.92 Å². The first-order valence-corrected chi connectivity index (χ1v) is 9.23. The van der Waals surface area contributed by atoms with Crippen molar-refractivity contribution in [2.45, 2.75) is 13.5 Å². The molecule has 136 valence electrons. The van der Waals surface area contributed by atoms with Gasteiger partial charge in [-0.15, -0.1) is 0 Å². The van der Waals surface area contributed by atoms with Gasteiger partial charge >= 0.3 is 6.03 Å². The minimum absolute atomic E-state index is 0.0333. The number of rotatable bonds is 5. The average Bonchev–Trinajstić information content (AvgIpc) is 2.68. The summed E-state index contributed by atoms with van der Waals surface area (Å²) in [5, 5.41) is 3.03. The summed E-state index contributed by atoms with van der Waals surface area (Å²) in [6, 6.07) is 18.6. The summed E-state index contributed by atoms with van der Waals surface area (Å²) in [6.45, 7) is 6.95. The molecular formula is C22H27N3O. The molecule has 1 fully saturated rings. The molecule has 1 aliphatic heterocycles. The van der Waals surface area contributed by atoms with Crippen molar-refractivity contribution >= 4 is 12.1 Å². The molecule has 2 aromatic rings. The van der Waals surface area contributed by atoms with Crippen molar-refractivity contribution in [3.63, 3.8) is 0 Å². The first kappa shape index (κ1) is 18.2. The molecule has 0 aliphatic carbocycles. The molecule has 1 N–H and O–H groups in total. The van der Waals surface area contributed by atoms with Crippen molar-refractivity contribution in [2.24, 2.45) is 0 Å². The number of carbonyl (C=O) groups excluding carboxylic acids is 1. The lowest BCUT2D eigenvalue weighted by Gasteiger charge is -2.34. The normalized spacial score (nSPS) is 15.3. The van der Waals surface area contributed by atoms with Crippen LogP contribution in [0.1, 0.15) is 16.7 Å². The number of hydrogen-bond donors (Lipinski definition) is 1. The Hall–Kier alpha value is -2.59. The zero-order valence-corrected chi connectivity index (χ0v) is 15.4. The minimum atomic E-state index is 0.0333. The highest BCUT2D eigenvalue weighted by atomic mass is 16.2. The van der Waals surface area contributed by atoms with Crippen LogP contribution in [-0.2, 0) is 6.54 Å². The number of urea groups is 1. The maximum atomic E-state index is 12.3. The number of aryl methyl sites for hydroxylation is 1. The van der Waals surface area contributed by atoms with E-state index in [9.17, 15) is 4.79 Å². The summed E-state index contributed by atoms with van der Waals surface area (Å²) in [5.74, 6) is 0. The Morgan fingerprint density at radius 3 is 2.54 bits per heavy atom. The maximum Gasteiger partial charge on any atom is 0.317 e. The van der Waals surface area contributed by atoms with Crippen LogP contribution in [0.4, 0.5) is 4.79 Å². The van der Waals surface area contributed by atoms with Gasteiger partial charge in [0.1, 0.15) is 0 Å². The summed E-state index contributed by atoms with van der Waals surface area (Å²) in [6.07, 6.45) is 4.35. The zero-order valence-electron chi connectivity index (χ0n) is 15.4. The largest absolute Gasteiger partial charge is 0.334 e. The Kier molecular flexibility index (Phi) is 6.45. The van der Waals surface area contributed by atoms with E-state index in [1.807, 2.05) is 35.2 Å². The van der Waals surface area contributed by atoms with Crippen molar-refractivity contribution in [1.82, 2.24) is 15.1 Å². The predicted molar refractivity (Wildman–Crippen MR) is 107 cm³/mol. The van der Waals surface area contributed by atoms with E-state index in [4.69, 9.17) is 0 Å². The molecule has 1 heterocycles. The summed E-state index contributed by atoms with van der Waals surface area (Å²) in [7, 11) is 0. The Morgan fingerprint density at radius 2 is 1.81 bits per heavy atom. The SMILES string of the molecule is Cc1cccc(CNC(=O)N2CCN(C/C=C/c3ccccc3)CC2)c1. The minimum Gasteiger partial charge on any atom is -0.334 e. The van der Waals surface area contributed by atoms with E-state index in [-0.39, 0.29) is 6.03 Å². The molecule has 2 amide bonds. The second-order valence-electron chi connectivity index (χ2n) is 6.75. The highest BCUT2D eigenvalue weighted by Crippen LogP contribution is 2.06. The Morgan fingerprint density at radius 1 is 1.04 bits per heavy atom. The maximum absolute atomic E-state index is 12.3. The van der Waals surface area contributed by atoms with Gasteiger partial charge in [-0.25, -0.2) is 4.79 Å². The van der Waals surface area contributed by atoms with E-state index in [0.717, 1.165) is 38.3 Å². The van der Waals surface area contributed by atoms with Gasteiger partial charge in [0, 0.05) is 39.3 Å². The molecule has 2 aromatic carbocycles.